The van der Waals surface area contributed by atoms with Gasteiger partial charge in [-0.05, 0) is 30.3 Å². The van der Waals surface area contributed by atoms with Crippen molar-refractivity contribution in [2.24, 2.45) is 0 Å². The van der Waals surface area contributed by atoms with Crippen LogP contribution in [0.3, 0.4) is 0 Å². The lowest BCUT2D eigenvalue weighted by molar-refractivity contribution is -0.114. The van der Waals surface area contributed by atoms with Gasteiger partial charge < -0.3 is 5.32 Å². The Hall–Kier alpha value is -3.23. The molecule has 31 heavy (non-hydrogen) atoms. The summed E-state index contributed by atoms with van der Waals surface area (Å²) < 4.78 is 39.2. The smallest absolute Gasteiger partial charge is 0.245 e. The summed E-state index contributed by atoms with van der Waals surface area (Å²) in [4.78, 5) is 25.5. The molecule has 3 rings (SSSR count). The van der Waals surface area contributed by atoms with Crippen LogP contribution >= 0.6 is 11.6 Å². The largest absolute Gasteiger partial charge is 0.324 e. The fourth-order valence-corrected chi connectivity index (χ4v) is 3.94. The number of carbonyl (C=O) groups excluding carboxylic acids is 2. The number of nitrogens with one attached hydrogen (secondary N) is 1. The van der Waals surface area contributed by atoms with Gasteiger partial charge in [0.05, 0.1) is 17.6 Å². The zero-order chi connectivity index (χ0) is 22.6. The number of hydrogen-bond donors (Lipinski definition) is 1. The maximum absolute atomic E-state index is 14.2. The summed E-state index contributed by atoms with van der Waals surface area (Å²) in [7, 11) is -3.96. The molecule has 0 aliphatic heterocycles. The first-order valence-electron chi connectivity index (χ1n) is 9.08. The molecule has 3 aromatic rings. The normalized spacial score (nSPS) is 11.1. The molecule has 1 amide bonds. The van der Waals surface area contributed by atoms with Crippen LogP contribution in [0.1, 0.15) is 15.9 Å². The van der Waals surface area contributed by atoms with Gasteiger partial charge in [0.2, 0.25) is 15.9 Å². The predicted octanol–water partition coefficient (Wildman–Crippen LogP) is 4.11. The van der Waals surface area contributed by atoms with E-state index in [1.54, 1.807) is 30.3 Å². The van der Waals surface area contributed by atoms with Gasteiger partial charge in [0.1, 0.15) is 12.4 Å². The van der Waals surface area contributed by atoms with E-state index in [9.17, 15) is 22.4 Å². The van der Waals surface area contributed by atoms with E-state index in [4.69, 9.17) is 11.6 Å². The third-order valence-corrected chi connectivity index (χ3v) is 5.71. The number of rotatable bonds is 7. The van der Waals surface area contributed by atoms with Gasteiger partial charge in [0.15, 0.2) is 5.78 Å². The average molecular weight is 461 g/mol. The summed E-state index contributed by atoms with van der Waals surface area (Å²) in [5.41, 5.74) is 0.440. The molecule has 0 saturated carbocycles. The molecule has 0 saturated heterocycles. The zero-order valence-electron chi connectivity index (χ0n) is 16.4. The first kappa shape index (κ1) is 22.5. The number of halogens is 2. The molecule has 0 aliphatic rings. The van der Waals surface area contributed by atoms with Gasteiger partial charge >= 0.3 is 0 Å². The van der Waals surface area contributed by atoms with Gasteiger partial charge in [0, 0.05) is 16.1 Å². The number of amides is 1. The Morgan fingerprint density at radius 2 is 1.65 bits per heavy atom. The summed E-state index contributed by atoms with van der Waals surface area (Å²) in [6.45, 7) is -0.679. The Balaban J connectivity index is 1.89. The molecule has 0 fully saturated rings. The minimum absolute atomic E-state index is 0.142. The Kier molecular flexibility index (Phi) is 6.72. The van der Waals surface area contributed by atoms with E-state index in [0.717, 1.165) is 12.3 Å². The number of ketones is 1. The van der Waals surface area contributed by atoms with E-state index in [1.807, 2.05) is 0 Å². The lowest BCUT2D eigenvalue weighted by atomic mass is 10.0. The lowest BCUT2D eigenvalue weighted by Crippen LogP contribution is -2.38. The van der Waals surface area contributed by atoms with Crippen LogP contribution in [0.2, 0.25) is 5.02 Å². The Morgan fingerprint density at radius 3 is 2.29 bits per heavy atom. The van der Waals surface area contributed by atoms with E-state index in [0.29, 0.717) is 14.9 Å². The second kappa shape index (κ2) is 9.28. The van der Waals surface area contributed by atoms with Crippen LogP contribution in [0.15, 0.2) is 72.8 Å². The molecule has 0 spiro atoms. The second-order valence-electron chi connectivity index (χ2n) is 6.65. The molecule has 0 aliphatic carbocycles. The number of nitrogens with zero attached hydrogens (tertiary/aromatic N) is 1. The number of sulfonamides is 1. The minimum atomic E-state index is -3.96. The van der Waals surface area contributed by atoms with Crippen molar-refractivity contribution >= 4 is 44.7 Å². The van der Waals surface area contributed by atoms with Crippen LogP contribution in [-0.2, 0) is 14.8 Å². The first-order valence-corrected chi connectivity index (χ1v) is 11.3. The third-order valence-electron chi connectivity index (χ3n) is 4.34. The van der Waals surface area contributed by atoms with Crippen molar-refractivity contribution in [1.29, 1.82) is 0 Å². The lowest BCUT2D eigenvalue weighted by Gasteiger charge is -2.22. The number of anilines is 2. The third kappa shape index (κ3) is 5.48. The van der Waals surface area contributed by atoms with Gasteiger partial charge in [-0.2, -0.15) is 0 Å². The van der Waals surface area contributed by atoms with E-state index >= 15 is 0 Å². The van der Waals surface area contributed by atoms with Crippen LogP contribution in [0.5, 0.6) is 0 Å². The molecule has 0 atom stereocenters. The van der Waals surface area contributed by atoms with E-state index < -0.39 is 28.3 Å². The summed E-state index contributed by atoms with van der Waals surface area (Å²) in [5, 5.41) is 2.83. The number of carbonyl (C=O) groups is 2. The molecule has 160 valence electrons. The van der Waals surface area contributed by atoms with Crippen molar-refractivity contribution in [1.82, 2.24) is 0 Å². The number of hydrogen-bond acceptors (Lipinski definition) is 4. The highest BCUT2D eigenvalue weighted by Crippen LogP contribution is 2.25. The molecule has 1 N–H and O–H groups in total. The van der Waals surface area contributed by atoms with E-state index in [2.05, 4.69) is 5.32 Å². The van der Waals surface area contributed by atoms with Crippen molar-refractivity contribution < 1.29 is 22.4 Å². The Morgan fingerprint density at radius 1 is 1.00 bits per heavy atom. The molecule has 6 nitrogen and oxygen atoms in total. The summed E-state index contributed by atoms with van der Waals surface area (Å²) >= 11 is 6.03. The predicted molar refractivity (Wildman–Crippen MR) is 119 cm³/mol. The number of benzene rings is 3. The maximum Gasteiger partial charge on any atom is 0.245 e. The SMILES string of the molecule is CS(=O)(=O)N(CC(=O)Nc1ccc(Cl)cc1C(=O)c1ccccc1)c1ccccc1F. The standard InChI is InChI=1S/C22H18ClFN2O4S/c1-31(29,30)26(20-10-6-5-9-18(20)24)14-21(27)25-19-12-11-16(23)13-17(19)22(28)15-7-3-2-4-8-15/h2-13H,14H2,1H3,(H,25,27). The summed E-state index contributed by atoms with van der Waals surface area (Å²) in [6.07, 6.45) is 0.874. The monoisotopic (exact) mass is 460 g/mol. The highest BCUT2D eigenvalue weighted by Gasteiger charge is 2.24. The Labute approximate surface area is 184 Å². The molecule has 3 aromatic carbocycles. The van der Waals surface area contributed by atoms with Gasteiger partial charge in [0.25, 0.3) is 0 Å². The molecule has 0 bridgehead atoms. The molecular weight excluding hydrogens is 443 g/mol. The van der Waals surface area contributed by atoms with Crippen LogP contribution < -0.4 is 9.62 Å². The second-order valence-corrected chi connectivity index (χ2v) is 9.00. The molecule has 0 radical (unpaired) electrons. The minimum Gasteiger partial charge on any atom is -0.324 e. The fourth-order valence-electron chi connectivity index (χ4n) is 2.91. The van der Waals surface area contributed by atoms with Crippen molar-refractivity contribution in [2.45, 2.75) is 0 Å². The molecular formula is C22H18ClFN2O4S. The van der Waals surface area contributed by atoms with Gasteiger partial charge in [-0.25, -0.2) is 12.8 Å². The van der Waals surface area contributed by atoms with Crippen LogP contribution in [0.4, 0.5) is 15.8 Å². The van der Waals surface area contributed by atoms with Crippen molar-refractivity contribution in [3.05, 3.63) is 94.8 Å². The summed E-state index contributed by atoms with van der Waals surface area (Å²) in [5.74, 6) is -1.90. The van der Waals surface area contributed by atoms with Crippen LogP contribution in [-0.4, -0.2) is 32.9 Å². The average Bonchev–Trinajstić information content (AvgIpc) is 2.73. The molecule has 0 heterocycles. The maximum atomic E-state index is 14.2. The van der Waals surface area contributed by atoms with Crippen LogP contribution in [0.25, 0.3) is 0 Å². The summed E-state index contributed by atoms with van der Waals surface area (Å²) in [6, 6.07) is 18.0. The molecule has 0 aromatic heterocycles. The molecule has 0 unspecified atom stereocenters. The number of para-hydroxylation sites is 1. The topological polar surface area (TPSA) is 83.6 Å². The zero-order valence-corrected chi connectivity index (χ0v) is 18.0. The molecule has 9 heteroatoms. The van der Waals surface area contributed by atoms with E-state index in [-0.39, 0.29) is 22.7 Å². The first-order chi connectivity index (χ1) is 14.7. The Bertz CT molecular complexity index is 1230. The van der Waals surface area contributed by atoms with Crippen LogP contribution in [0, 0.1) is 5.82 Å². The van der Waals surface area contributed by atoms with Gasteiger partial charge in [-0.1, -0.05) is 54.1 Å². The van der Waals surface area contributed by atoms with Crippen molar-refractivity contribution in [2.75, 3.05) is 22.4 Å². The highest BCUT2D eigenvalue weighted by atomic mass is 35.5. The van der Waals surface area contributed by atoms with E-state index in [1.165, 1.54) is 36.4 Å². The van der Waals surface area contributed by atoms with Gasteiger partial charge in [-0.15, -0.1) is 0 Å². The van der Waals surface area contributed by atoms with Crippen molar-refractivity contribution in [3.8, 4) is 0 Å². The fraction of sp³-hybridized carbons (Fsp3) is 0.0909. The van der Waals surface area contributed by atoms with Gasteiger partial charge in [-0.3, -0.25) is 13.9 Å². The quantitative estimate of drug-likeness (QED) is 0.538. The highest BCUT2D eigenvalue weighted by molar-refractivity contribution is 7.92. The van der Waals surface area contributed by atoms with Crippen molar-refractivity contribution in [3.63, 3.8) is 0 Å².